The minimum absolute atomic E-state index is 0.237. The lowest BCUT2D eigenvalue weighted by molar-refractivity contribution is 0.250. The van der Waals surface area contributed by atoms with Crippen LogP contribution < -0.4 is 21.1 Å². The number of anilines is 1. The number of nitrogens with one attached hydrogen (secondary N) is 2. The van der Waals surface area contributed by atoms with E-state index >= 15 is 0 Å². The van der Waals surface area contributed by atoms with E-state index in [2.05, 4.69) is 10.6 Å². The third kappa shape index (κ3) is 4.74. The van der Waals surface area contributed by atoms with E-state index in [-0.39, 0.29) is 11.9 Å². The molecule has 0 spiro atoms. The first-order chi connectivity index (χ1) is 8.15. The quantitative estimate of drug-likeness (QED) is 0.724. The van der Waals surface area contributed by atoms with Crippen LogP contribution in [-0.4, -0.2) is 26.2 Å². The molecule has 0 aliphatic carbocycles. The number of benzene rings is 1. The lowest BCUT2D eigenvalue weighted by Crippen LogP contribution is -2.34. The average Bonchev–Trinajstić information content (AvgIpc) is 2.36. The fourth-order valence-electron chi connectivity index (χ4n) is 1.23. The molecule has 5 nitrogen and oxygen atoms in total. The number of methoxy groups -OCH3 is 1. The van der Waals surface area contributed by atoms with Gasteiger partial charge in [-0.3, -0.25) is 0 Å². The smallest absolute Gasteiger partial charge is 0.319 e. The number of carbonyl (C=O) groups excluding carboxylic acids is 1. The van der Waals surface area contributed by atoms with Gasteiger partial charge in [0.25, 0.3) is 0 Å². The van der Waals surface area contributed by atoms with Crippen molar-refractivity contribution in [3.63, 3.8) is 0 Å². The zero-order chi connectivity index (χ0) is 12.7. The Labute approximate surface area is 101 Å². The van der Waals surface area contributed by atoms with Gasteiger partial charge in [0.15, 0.2) is 0 Å². The fourth-order valence-corrected chi connectivity index (χ4v) is 1.23. The highest BCUT2D eigenvalue weighted by atomic mass is 16.5. The van der Waals surface area contributed by atoms with Crippen molar-refractivity contribution in [2.45, 2.75) is 6.92 Å². The molecule has 1 rings (SSSR count). The zero-order valence-electron chi connectivity index (χ0n) is 10.2. The minimum Gasteiger partial charge on any atom is -0.497 e. The van der Waals surface area contributed by atoms with Gasteiger partial charge in [0.1, 0.15) is 5.75 Å². The molecule has 1 aromatic rings. The molecule has 0 aliphatic heterocycles. The highest BCUT2D eigenvalue weighted by Crippen LogP contribution is 2.16. The van der Waals surface area contributed by atoms with Crippen LogP contribution in [0.2, 0.25) is 0 Å². The Bertz CT molecular complexity index is 369. The van der Waals surface area contributed by atoms with Crippen LogP contribution in [0.4, 0.5) is 10.5 Å². The second-order valence-corrected chi connectivity index (χ2v) is 3.91. The van der Waals surface area contributed by atoms with E-state index in [1.165, 1.54) is 0 Å². The topological polar surface area (TPSA) is 76.4 Å². The molecule has 0 aromatic heterocycles. The van der Waals surface area contributed by atoms with Crippen LogP contribution in [0.5, 0.6) is 5.75 Å². The maximum absolute atomic E-state index is 11.5. The van der Waals surface area contributed by atoms with Gasteiger partial charge in [-0.05, 0) is 24.6 Å². The summed E-state index contributed by atoms with van der Waals surface area (Å²) in [6.45, 7) is 3.09. The SMILES string of the molecule is COc1cccc(NC(=O)NCC(C)CN)c1. The first kappa shape index (κ1) is 13.3. The molecule has 5 heteroatoms. The van der Waals surface area contributed by atoms with E-state index < -0.39 is 0 Å². The third-order valence-corrected chi connectivity index (χ3v) is 2.34. The van der Waals surface area contributed by atoms with Gasteiger partial charge < -0.3 is 21.1 Å². The number of rotatable bonds is 5. The van der Waals surface area contributed by atoms with Crippen molar-refractivity contribution in [2.75, 3.05) is 25.5 Å². The Balaban J connectivity index is 2.44. The number of urea groups is 1. The molecule has 1 aromatic carbocycles. The Kier molecular flexibility index (Phi) is 5.29. The number of carbonyl (C=O) groups is 1. The number of amides is 2. The van der Waals surface area contributed by atoms with Gasteiger partial charge in [-0.2, -0.15) is 0 Å². The molecule has 17 heavy (non-hydrogen) atoms. The molecule has 2 amide bonds. The van der Waals surface area contributed by atoms with E-state index in [4.69, 9.17) is 10.5 Å². The minimum atomic E-state index is -0.237. The second kappa shape index (κ2) is 6.75. The van der Waals surface area contributed by atoms with Crippen molar-refractivity contribution in [3.05, 3.63) is 24.3 Å². The summed E-state index contributed by atoms with van der Waals surface area (Å²) in [6, 6.07) is 6.95. The van der Waals surface area contributed by atoms with Crippen molar-refractivity contribution in [1.29, 1.82) is 0 Å². The van der Waals surface area contributed by atoms with Crippen LogP contribution in [0, 0.1) is 5.92 Å². The summed E-state index contributed by atoms with van der Waals surface area (Å²) in [5, 5.41) is 5.47. The van der Waals surface area contributed by atoms with Gasteiger partial charge in [-0.25, -0.2) is 4.79 Å². The van der Waals surface area contributed by atoms with Gasteiger partial charge in [0.2, 0.25) is 0 Å². The van der Waals surface area contributed by atoms with E-state index in [1.807, 2.05) is 19.1 Å². The van der Waals surface area contributed by atoms with Crippen LogP contribution in [-0.2, 0) is 0 Å². The Morgan fingerprint density at radius 3 is 2.94 bits per heavy atom. The average molecular weight is 237 g/mol. The molecule has 4 N–H and O–H groups in total. The molecule has 0 heterocycles. The summed E-state index contributed by atoms with van der Waals surface area (Å²) in [5.41, 5.74) is 6.16. The van der Waals surface area contributed by atoms with Crippen LogP contribution in [0.15, 0.2) is 24.3 Å². The highest BCUT2D eigenvalue weighted by molar-refractivity contribution is 5.89. The number of nitrogens with two attached hydrogens (primary N) is 1. The van der Waals surface area contributed by atoms with Gasteiger partial charge in [-0.1, -0.05) is 13.0 Å². The van der Waals surface area contributed by atoms with Crippen LogP contribution in [0.25, 0.3) is 0 Å². The standard InChI is InChI=1S/C12H19N3O2/c1-9(7-13)8-14-12(16)15-10-4-3-5-11(6-10)17-2/h3-6,9H,7-8,13H2,1-2H3,(H2,14,15,16). The molecule has 0 bridgehead atoms. The van der Waals surface area contributed by atoms with E-state index in [9.17, 15) is 4.79 Å². The van der Waals surface area contributed by atoms with E-state index in [1.54, 1.807) is 19.2 Å². The Morgan fingerprint density at radius 1 is 1.53 bits per heavy atom. The summed E-state index contributed by atoms with van der Waals surface area (Å²) in [7, 11) is 1.59. The monoisotopic (exact) mass is 237 g/mol. The maximum Gasteiger partial charge on any atom is 0.319 e. The highest BCUT2D eigenvalue weighted by Gasteiger charge is 2.04. The molecule has 0 radical (unpaired) electrons. The summed E-state index contributed by atoms with van der Waals surface area (Å²) in [5.74, 6) is 0.976. The first-order valence-electron chi connectivity index (χ1n) is 5.54. The molecule has 0 aliphatic rings. The molecular weight excluding hydrogens is 218 g/mol. The maximum atomic E-state index is 11.5. The second-order valence-electron chi connectivity index (χ2n) is 3.91. The summed E-state index contributed by atoms with van der Waals surface area (Å²) in [4.78, 5) is 11.5. The summed E-state index contributed by atoms with van der Waals surface area (Å²) < 4.78 is 5.06. The first-order valence-corrected chi connectivity index (χ1v) is 5.54. The van der Waals surface area contributed by atoms with E-state index in [0.717, 1.165) is 0 Å². The van der Waals surface area contributed by atoms with Crippen molar-refractivity contribution in [1.82, 2.24) is 5.32 Å². The Morgan fingerprint density at radius 2 is 2.29 bits per heavy atom. The predicted molar refractivity (Wildman–Crippen MR) is 68.2 cm³/mol. The summed E-state index contributed by atoms with van der Waals surface area (Å²) >= 11 is 0. The summed E-state index contributed by atoms with van der Waals surface area (Å²) in [6.07, 6.45) is 0. The van der Waals surface area contributed by atoms with Gasteiger partial charge in [0, 0.05) is 18.3 Å². The third-order valence-electron chi connectivity index (χ3n) is 2.34. The molecule has 0 saturated heterocycles. The molecule has 1 unspecified atom stereocenters. The predicted octanol–water partition coefficient (Wildman–Crippen LogP) is 1.41. The van der Waals surface area contributed by atoms with Crippen molar-refractivity contribution in [2.24, 2.45) is 11.7 Å². The van der Waals surface area contributed by atoms with Crippen molar-refractivity contribution >= 4 is 11.7 Å². The largest absolute Gasteiger partial charge is 0.497 e. The van der Waals surface area contributed by atoms with Crippen molar-refractivity contribution in [3.8, 4) is 5.75 Å². The van der Waals surface area contributed by atoms with Gasteiger partial charge >= 0.3 is 6.03 Å². The van der Waals surface area contributed by atoms with Crippen LogP contribution in [0.1, 0.15) is 6.92 Å². The molecule has 0 saturated carbocycles. The molecule has 1 atom stereocenters. The molecular formula is C12H19N3O2. The zero-order valence-corrected chi connectivity index (χ0v) is 10.2. The van der Waals surface area contributed by atoms with Crippen LogP contribution in [0.3, 0.4) is 0 Å². The lowest BCUT2D eigenvalue weighted by atomic mass is 10.2. The molecule has 0 fully saturated rings. The normalized spacial score (nSPS) is 11.7. The van der Waals surface area contributed by atoms with E-state index in [0.29, 0.717) is 24.5 Å². The number of hydrogen-bond acceptors (Lipinski definition) is 3. The van der Waals surface area contributed by atoms with Crippen molar-refractivity contribution < 1.29 is 9.53 Å². The van der Waals surface area contributed by atoms with Crippen LogP contribution >= 0.6 is 0 Å². The van der Waals surface area contributed by atoms with Gasteiger partial charge in [-0.15, -0.1) is 0 Å². The lowest BCUT2D eigenvalue weighted by Gasteiger charge is -2.11. The Hall–Kier alpha value is -1.75. The number of hydrogen-bond donors (Lipinski definition) is 3. The number of ether oxygens (including phenoxy) is 1. The van der Waals surface area contributed by atoms with Gasteiger partial charge in [0.05, 0.1) is 7.11 Å². The fraction of sp³-hybridized carbons (Fsp3) is 0.417. The molecule has 94 valence electrons.